The normalized spacial score (nSPS) is 10.4. The second kappa shape index (κ2) is 4.30. The molecule has 0 aromatic carbocycles. The van der Waals surface area contributed by atoms with Crippen LogP contribution >= 0.6 is 11.3 Å². The van der Waals surface area contributed by atoms with Gasteiger partial charge in [0.05, 0.1) is 12.3 Å². The third-order valence-electron chi connectivity index (χ3n) is 1.75. The molecule has 0 saturated carbocycles. The summed E-state index contributed by atoms with van der Waals surface area (Å²) in [5.74, 6) is 0. The van der Waals surface area contributed by atoms with Crippen molar-refractivity contribution in [2.75, 3.05) is 7.11 Å². The van der Waals surface area contributed by atoms with Gasteiger partial charge in [0.15, 0.2) is 0 Å². The SMILES string of the molecule is COCc1csc(-c2cccnc2)n1. The Balaban J connectivity index is 2.25. The summed E-state index contributed by atoms with van der Waals surface area (Å²) in [6, 6.07) is 3.91. The van der Waals surface area contributed by atoms with E-state index in [1.165, 1.54) is 0 Å². The lowest BCUT2D eigenvalue weighted by molar-refractivity contribution is 0.182. The minimum absolute atomic E-state index is 0.566. The molecule has 3 nitrogen and oxygen atoms in total. The predicted molar refractivity (Wildman–Crippen MR) is 56.1 cm³/mol. The van der Waals surface area contributed by atoms with E-state index in [9.17, 15) is 0 Å². The van der Waals surface area contributed by atoms with Crippen molar-refractivity contribution in [3.05, 3.63) is 35.6 Å². The number of rotatable bonds is 3. The van der Waals surface area contributed by atoms with E-state index in [0.717, 1.165) is 16.3 Å². The fourth-order valence-corrected chi connectivity index (χ4v) is 1.94. The van der Waals surface area contributed by atoms with Crippen molar-refractivity contribution in [1.29, 1.82) is 0 Å². The van der Waals surface area contributed by atoms with Gasteiger partial charge >= 0.3 is 0 Å². The number of methoxy groups -OCH3 is 1. The van der Waals surface area contributed by atoms with Crippen LogP contribution < -0.4 is 0 Å². The standard InChI is InChI=1S/C10H10N2OS/c1-13-6-9-7-14-10(12-9)8-3-2-4-11-5-8/h2-5,7H,6H2,1H3. The number of ether oxygens (including phenoxy) is 1. The van der Waals surface area contributed by atoms with Gasteiger partial charge in [-0.15, -0.1) is 11.3 Å². The van der Waals surface area contributed by atoms with Crippen LogP contribution in [0.5, 0.6) is 0 Å². The maximum Gasteiger partial charge on any atom is 0.125 e. The molecule has 0 aliphatic rings. The minimum atomic E-state index is 0.566. The van der Waals surface area contributed by atoms with Gasteiger partial charge in [0.2, 0.25) is 0 Å². The van der Waals surface area contributed by atoms with Crippen molar-refractivity contribution in [1.82, 2.24) is 9.97 Å². The molecule has 72 valence electrons. The molecule has 0 aliphatic carbocycles. The first-order chi connectivity index (χ1) is 6.90. The van der Waals surface area contributed by atoms with Gasteiger partial charge in [-0.25, -0.2) is 4.98 Å². The van der Waals surface area contributed by atoms with E-state index in [-0.39, 0.29) is 0 Å². The lowest BCUT2D eigenvalue weighted by Crippen LogP contribution is -1.87. The van der Waals surface area contributed by atoms with Crippen LogP contribution in [-0.4, -0.2) is 17.1 Å². The topological polar surface area (TPSA) is 35.0 Å². The number of pyridine rings is 1. The summed E-state index contributed by atoms with van der Waals surface area (Å²) in [5, 5.41) is 3.00. The summed E-state index contributed by atoms with van der Waals surface area (Å²) in [5.41, 5.74) is 2.02. The van der Waals surface area contributed by atoms with E-state index >= 15 is 0 Å². The molecular weight excluding hydrogens is 196 g/mol. The highest BCUT2D eigenvalue weighted by Gasteiger charge is 2.03. The maximum atomic E-state index is 5.01. The molecule has 2 aromatic heterocycles. The first-order valence-corrected chi connectivity index (χ1v) is 5.12. The average molecular weight is 206 g/mol. The van der Waals surface area contributed by atoms with Gasteiger partial charge in [-0.05, 0) is 12.1 Å². The molecular formula is C10H10N2OS. The molecule has 2 rings (SSSR count). The van der Waals surface area contributed by atoms with E-state index in [4.69, 9.17) is 4.74 Å². The van der Waals surface area contributed by atoms with Crippen LogP contribution in [0.15, 0.2) is 29.9 Å². The zero-order valence-electron chi connectivity index (χ0n) is 7.80. The van der Waals surface area contributed by atoms with Crippen molar-refractivity contribution >= 4 is 11.3 Å². The molecule has 14 heavy (non-hydrogen) atoms. The molecule has 0 fully saturated rings. The van der Waals surface area contributed by atoms with Gasteiger partial charge in [-0.3, -0.25) is 4.98 Å². The summed E-state index contributed by atoms with van der Waals surface area (Å²) in [4.78, 5) is 8.48. The molecule has 0 N–H and O–H groups in total. The summed E-state index contributed by atoms with van der Waals surface area (Å²) in [7, 11) is 1.67. The van der Waals surface area contributed by atoms with E-state index in [1.807, 2.05) is 23.7 Å². The first-order valence-electron chi connectivity index (χ1n) is 4.24. The largest absolute Gasteiger partial charge is 0.378 e. The molecule has 0 spiro atoms. The quantitative estimate of drug-likeness (QED) is 0.773. The fraction of sp³-hybridized carbons (Fsp3) is 0.200. The van der Waals surface area contributed by atoms with E-state index in [0.29, 0.717) is 6.61 Å². The van der Waals surface area contributed by atoms with E-state index in [1.54, 1.807) is 24.6 Å². The Hall–Kier alpha value is -1.26. The van der Waals surface area contributed by atoms with Gasteiger partial charge in [0.25, 0.3) is 0 Å². The van der Waals surface area contributed by atoms with Gasteiger partial charge in [-0.1, -0.05) is 0 Å². The Morgan fingerprint density at radius 3 is 3.14 bits per heavy atom. The van der Waals surface area contributed by atoms with Crippen molar-refractivity contribution in [2.45, 2.75) is 6.61 Å². The van der Waals surface area contributed by atoms with Crippen LogP contribution in [0.1, 0.15) is 5.69 Å². The molecule has 4 heteroatoms. The van der Waals surface area contributed by atoms with Crippen LogP contribution in [0.4, 0.5) is 0 Å². The van der Waals surface area contributed by atoms with E-state index < -0.39 is 0 Å². The lowest BCUT2D eigenvalue weighted by atomic mass is 10.3. The smallest absolute Gasteiger partial charge is 0.125 e. The first kappa shape index (κ1) is 9.30. The molecule has 0 unspecified atom stereocenters. The molecule has 0 saturated heterocycles. The molecule has 2 aromatic rings. The number of nitrogens with zero attached hydrogens (tertiary/aromatic N) is 2. The molecule has 2 heterocycles. The van der Waals surface area contributed by atoms with Crippen LogP contribution in [0.3, 0.4) is 0 Å². The zero-order chi connectivity index (χ0) is 9.80. The lowest BCUT2D eigenvalue weighted by Gasteiger charge is -1.93. The highest BCUT2D eigenvalue weighted by molar-refractivity contribution is 7.13. The molecule has 0 radical (unpaired) electrons. The maximum absolute atomic E-state index is 5.01. The molecule has 0 bridgehead atoms. The van der Waals surface area contributed by atoms with Crippen molar-refractivity contribution < 1.29 is 4.74 Å². The second-order valence-corrected chi connectivity index (χ2v) is 3.68. The fourth-order valence-electron chi connectivity index (χ4n) is 1.14. The minimum Gasteiger partial charge on any atom is -0.378 e. The third-order valence-corrected chi connectivity index (χ3v) is 2.69. The monoisotopic (exact) mass is 206 g/mol. The van der Waals surface area contributed by atoms with Crippen LogP contribution in [0, 0.1) is 0 Å². The number of aromatic nitrogens is 2. The Bertz CT molecular complexity index is 400. The predicted octanol–water partition coefficient (Wildman–Crippen LogP) is 2.35. The summed E-state index contributed by atoms with van der Waals surface area (Å²) in [6.07, 6.45) is 3.57. The Kier molecular flexibility index (Phi) is 2.86. The highest BCUT2D eigenvalue weighted by Crippen LogP contribution is 2.22. The highest BCUT2D eigenvalue weighted by atomic mass is 32.1. The molecule has 0 aliphatic heterocycles. The Labute approximate surface area is 86.4 Å². The van der Waals surface area contributed by atoms with Gasteiger partial charge in [0.1, 0.15) is 5.01 Å². The van der Waals surface area contributed by atoms with Gasteiger partial charge in [-0.2, -0.15) is 0 Å². The van der Waals surface area contributed by atoms with Crippen LogP contribution in [0.25, 0.3) is 10.6 Å². The van der Waals surface area contributed by atoms with Crippen molar-refractivity contribution in [3.8, 4) is 10.6 Å². The number of hydrogen-bond acceptors (Lipinski definition) is 4. The van der Waals surface area contributed by atoms with Crippen LogP contribution in [0.2, 0.25) is 0 Å². The Morgan fingerprint density at radius 2 is 2.43 bits per heavy atom. The summed E-state index contributed by atoms with van der Waals surface area (Å²) in [6.45, 7) is 0.566. The van der Waals surface area contributed by atoms with E-state index in [2.05, 4.69) is 9.97 Å². The number of hydrogen-bond donors (Lipinski definition) is 0. The van der Waals surface area contributed by atoms with Crippen molar-refractivity contribution in [2.24, 2.45) is 0 Å². The van der Waals surface area contributed by atoms with Crippen LogP contribution in [-0.2, 0) is 11.3 Å². The summed E-state index contributed by atoms with van der Waals surface area (Å²) >= 11 is 1.61. The second-order valence-electron chi connectivity index (χ2n) is 2.82. The molecule has 0 amide bonds. The zero-order valence-corrected chi connectivity index (χ0v) is 8.62. The van der Waals surface area contributed by atoms with Gasteiger partial charge < -0.3 is 4.74 Å². The average Bonchev–Trinajstić information content (AvgIpc) is 2.68. The third kappa shape index (κ3) is 1.97. The molecule has 0 atom stereocenters. The van der Waals surface area contributed by atoms with Gasteiger partial charge in [0, 0.05) is 30.4 Å². The Morgan fingerprint density at radius 1 is 1.50 bits per heavy atom. The van der Waals surface area contributed by atoms with Crippen molar-refractivity contribution in [3.63, 3.8) is 0 Å². The number of thiazole rings is 1. The summed E-state index contributed by atoms with van der Waals surface area (Å²) < 4.78 is 5.01.